The van der Waals surface area contributed by atoms with Crippen molar-refractivity contribution in [1.82, 2.24) is 14.9 Å². The van der Waals surface area contributed by atoms with Crippen LogP contribution in [0.1, 0.15) is 11.4 Å². The standard InChI is InChI=1S/C25H25N3O3/c1-30-22-13-7-8-14-23(22)31-18-25(29)26-17-24-27-20-11-5-6-12-21(20)28(24)16-15-19-9-3-2-4-10-19/h2-14H,15-18H2,1H3,(H,26,29). The molecule has 0 aliphatic heterocycles. The predicted octanol–water partition coefficient (Wildman–Crippen LogP) is 3.98. The number of nitrogens with zero attached hydrogens (tertiary/aromatic N) is 2. The second-order valence-electron chi connectivity index (χ2n) is 7.12. The molecule has 6 nitrogen and oxygen atoms in total. The fraction of sp³-hybridized carbons (Fsp3) is 0.200. The predicted molar refractivity (Wildman–Crippen MR) is 120 cm³/mol. The number of aryl methyl sites for hydroxylation is 2. The molecule has 31 heavy (non-hydrogen) atoms. The van der Waals surface area contributed by atoms with Crippen molar-refractivity contribution in [2.45, 2.75) is 19.5 Å². The molecule has 0 spiro atoms. The number of aromatic nitrogens is 2. The second-order valence-corrected chi connectivity index (χ2v) is 7.12. The van der Waals surface area contributed by atoms with Crippen LogP contribution in [0.4, 0.5) is 0 Å². The lowest BCUT2D eigenvalue weighted by Crippen LogP contribution is -2.29. The first kappa shape index (κ1) is 20.5. The van der Waals surface area contributed by atoms with E-state index in [4.69, 9.17) is 14.5 Å². The number of hydrogen-bond donors (Lipinski definition) is 1. The van der Waals surface area contributed by atoms with Crippen LogP contribution in [0.25, 0.3) is 11.0 Å². The van der Waals surface area contributed by atoms with Gasteiger partial charge in [0.1, 0.15) is 5.82 Å². The molecule has 0 saturated heterocycles. The highest BCUT2D eigenvalue weighted by Crippen LogP contribution is 2.25. The van der Waals surface area contributed by atoms with Crippen LogP contribution in [0, 0.1) is 0 Å². The van der Waals surface area contributed by atoms with Gasteiger partial charge in [0.15, 0.2) is 18.1 Å². The molecular formula is C25H25N3O3. The molecule has 0 saturated carbocycles. The molecule has 1 aromatic heterocycles. The number of carbonyl (C=O) groups excluding carboxylic acids is 1. The number of hydrogen-bond acceptors (Lipinski definition) is 4. The van der Waals surface area contributed by atoms with Gasteiger partial charge in [-0.05, 0) is 36.2 Å². The number of nitrogens with one attached hydrogen (secondary N) is 1. The molecule has 0 unspecified atom stereocenters. The van der Waals surface area contributed by atoms with Gasteiger partial charge in [0.05, 0.1) is 24.7 Å². The molecule has 0 atom stereocenters. The first-order chi connectivity index (χ1) is 15.2. The fourth-order valence-corrected chi connectivity index (χ4v) is 3.51. The van der Waals surface area contributed by atoms with Crippen LogP contribution in [0.5, 0.6) is 11.5 Å². The molecule has 6 heteroatoms. The number of fused-ring (bicyclic) bond motifs is 1. The van der Waals surface area contributed by atoms with E-state index in [0.717, 1.165) is 29.8 Å². The molecule has 0 fully saturated rings. The summed E-state index contributed by atoms with van der Waals surface area (Å²) in [5, 5.41) is 2.92. The molecular weight excluding hydrogens is 390 g/mol. The molecule has 3 aromatic carbocycles. The fourth-order valence-electron chi connectivity index (χ4n) is 3.51. The highest BCUT2D eigenvalue weighted by molar-refractivity contribution is 5.78. The van der Waals surface area contributed by atoms with Crippen molar-refractivity contribution in [3.8, 4) is 11.5 Å². The minimum absolute atomic E-state index is 0.0926. The number of carbonyl (C=O) groups is 1. The van der Waals surface area contributed by atoms with Gasteiger partial charge in [-0.3, -0.25) is 4.79 Å². The lowest BCUT2D eigenvalue weighted by Gasteiger charge is -2.12. The Hall–Kier alpha value is -3.80. The SMILES string of the molecule is COc1ccccc1OCC(=O)NCc1nc2ccccc2n1CCc1ccccc1. The van der Waals surface area contributed by atoms with E-state index in [1.54, 1.807) is 19.2 Å². The summed E-state index contributed by atoms with van der Waals surface area (Å²) in [6.45, 7) is 1.02. The summed E-state index contributed by atoms with van der Waals surface area (Å²) < 4.78 is 13.0. The van der Waals surface area contributed by atoms with Gasteiger partial charge in [-0.15, -0.1) is 0 Å². The van der Waals surface area contributed by atoms with E-state index in [1.807, 2.05) is 48.5 Å². The van der Waals surface area contributed by atoms with Crippen LogP contribution in [-0.4, -0.2) is 29.2 Å². The van der Waals surface area contributed by atoms with Crippen molar-refractivity contribution < 1.29 is 14.3 Å². The van der Waals surface area contributed by atoms with Gasteiger partial charge in [-0.2, -0.15) is 0 Å². The van der Waals surface area contributed by atoms with E-state index < -0.39 is 0 Å². The molecule has 0 radical (unpaired) electrons. The zero-order valence-corrected chi connectivity index (χ0v) is 17.5. The number of rotatable bonds is 9. The molecule has 1 amide bonds. The second kappa shape index (κ2) is 9.80. The Labute approximate surface area is 181 Å². The number of benzene rings is 3. The summed E-state index contributed by atoms with van der Waals surface area (Å²) in [6, 6.07) is 25.6. The van der Waals surface area contributed by atoms with Crippen molar-refractivity contribution in [3.63, 3.8) is 0 Å². The lowest BCUT2D eigenvalue weighted by atomic mass is 10.1. The Bertz CT molecular complexity index is 1160. The van der Waals surface area contributed by atoms with Crippen molar-refractivity contribution >= 4 is 16.9 Å². The van der Waals surface area contributed by atoms with E-state index in [9.17, 15) is 4.79 Å². The van der Waals surface area contributed by atoms with Crippen LogP contribution in [0.2, 0.25) is 0 Å². The van der Waals surface area contributed by atoms with Crippen molar-refractivity contribution in [1.29, 1.82) is 0 Å². The molecule has 1 heterocycles. The van der Waals surface area contributed by atoms with Crippen LogP contribution in [0.3, 0.4) is 0 Å². The zero-order chi connectivity index (χ0) is 21.5. The molecule has 4 rings (SSSR count). The van der Waals surface area contributed by atoms with E-state index in [1.165, 1.54) is 5.56 Å². The van der Waals surface area contributed by atoms with Crippen molar-refractivity contribution in [2.24, 2.45) is 0 Å². The number of ether oxygens (including phenoxy) is 2. The highest BCUT2D eigenvalue weighted by atomic mass is 16.5. The van der Waals surface area contributed by atoms with Gasteiger partial charge >= 0.3 is 0 Å². The summed E-state index contributed by atoms with van der Waals surface area (Å²) in [4.78, 5) is 17.1. The number of amides is 1. The van der Waals surface area contributed by atoms with Crippen LogP contribution in [0.15, 0.2) is 78.9 Å². The van der Waals surface area contributed by atoms with Crippen molar-refractivity contribution in [3.05, 3.63) is 90.3 Å². The third-order valence-electron chi connectivity index (χ3n) is 5.07. The summed E-state index contributed by atoms with van der Waals surface area (Å²) >= 11 is 0. The number of methoxy groups -OCH3 is 1. The largest absolute Gasteiger partial charge is 0.493 e. The van der Waals surface area contributed by atoms with Crippen LogP contribution in [-0.2, 0) is 24.3 Å². The molecule has 0 aliphatic carbocycles. The van der Waals surface area contributed by atoms with Gasteiger partial charge in [0, 0.05) is 6.54 Å². The Morgan fingerprint density at radius 3 is 2.45 bits per heavy atom. The summed E-state index contributed by atoms with van der Waals surface area (Å²) in [5.41, 5.74) is 3.25. The topological polar surface area (TPSA) is 65.4 Å². The maximum atomic E-state index is 12.4. The van der Waals surface area contributed by atoms with Crippen LogP contribution < -0.4 is 14.8 Å². The van der Waals surface area contributed by atoms with Gasteiger partial charge in [0.25, 0.3) is 5.91 Å². The lowest BCUT2D eigenvalue weighted by molar-refractivity contribution is -0.123. The smallest absolute Gasteiger partial charge is 0.258 e. The maximum Gasteiger partial charge on any atom is 0.258 e. The van der Waals surface area contributed by atoms with Gasteiger partial charge < -0.3 is 19.4 Å². The normalized spacial score (nSPS) is 10.7. The zero-order valence-electron chi connectivity index (χ0n) is 17.5. The molecule has 4 aromatic rings. The monoisotopic (exact) mass is 415 g/mol. The average Bonchev–Trinajstić information content (AvgIpc) is 3.18. The average molecular weight is 415 g/mol. The minimum Gasteiger partial charge on any atom is -0.493 e. The summed E-state index contributed by atoms with van der Waals surface area (Å²) in [6.07, 6.45) is 0.888. The van der Waals surface area contributed by atoms with E-state index >= 15 is 0 Å². The molecule has 0 bridgehead atoms. The minimum atomic E-state index is -0.215. The van der Waals surface area contributed by atoms with Crippen molar-refractivity contribution in [2.75, 3.05) is 13.7 Å². The number of imidazole rings is 1. The third-order valence-corrected chi connectivity index (χ3v) is 5.07. The first-order valence-corrected chi connectivity index (χ1v) is 10.2. The summed E-state index contributed by atoms with van der Waals surface area (Å²) in [5.74, 6) is 1.74. The highest BCUT2D eigenvalue weighted by Gasteiger charge is 2.12. The van der Waals surface area contributed by atoms with E-state index in [0.29, 0.717) is 18.0 Å². The Balaban J connectivity index is 1.42. The van der Waals surface area contributed by atoms with E-state index in [-0.39, 0.29) is 12.5 Å². The number of para-hydroxylation sites is 4. The van der Waals surface area contributed by atoms with E-state index in [2.05, 4.69) is 28.1 Å². The molecule has 1 N–H and O–H groups in total. The van der Waals surface area contributed by atoms with Gasteiger partial charge in [-0.25, -0.2) is 4.98 Å². The Kier molecular flexibility index (Phi) is 6.47. The van der Waals surface area contributed by atoms with Gasteiger partial charge in [-0.1, -0.05) is 54.6 Å². The Morgan fingerprint density at radius 1 is 0.935 bits per heavy atom. The first-order valence-electron chi connectivity index (χ1n) is 10.2. The maximum absolute atomic E-state index is 12.4. The Morgan fingerprint density at radius 2 is 1.65 bits per heavy atom. The molecule has 158 valence electrons. The molecule has 0 aliphatic rings. The van der Waals surface area contributed by atoms with Gasteiger partial charge in [0.2, 0.25) is 0 Å². The van der Waals surface area contributed by atoms with Crippen LogP contribution >= 0.6 is 0 Å². The quantitative estimate of drug-likeness (QED) is 0.449. The summed E-state index contributed by atoms with van der Waals surface area (Å²) in [7, 11) is 1.57. The third kappa shape index (κ3) is 5.04.